The molecular weight excluding hydrogens is 280 g/mol. The fourth-order valence-electron chi connectivity index (χ4n) is 1.36. The van der Waals surface area contributed by atoms with Crippen molar-refractivity contribution in [2.45, 2.75) is 12.2 Å². The van der Waals surface area contributed by atoms with E-state index in [0.717, 1.165) is 0 Å². The number of sulfonamides is 1. The lowest BCUT2D eigenvalue weighted by Crippen LogP contribution is -2.26. The first-order valence-corrected chi connectivity index (χ1v) is 7.40. The molecule has 18 heavy (non-hydrogen) atoms. The van der Waals surface area contributed by atoms with Gasteiger partial charge in [-0.15, -0.1) is 11.6 Å². The van der Waals surface area contributed by atoms with Crippen molar-refractivity contribution in [1.82, 2.24) is 4.72 Å². The molecule has 0 atom stereocenters. The number of para-hydroxylation sites is 1. The monoisotopic (exact) mass is 292 g/mol. The first-order chi connectivity index (χ1) is 8.46. The molecule has 0 saturated carbocycles. The Morgan fingerprint density at radius 2 is 2.00 bits per heavy atom. The van der Waals surface area contributed by atoms with Crippen molar-refractivity contribution in [1.29, 1.82) is 0 Å². The number of nitrogens with zero attached hydrogens (tertiary/aromatic N) is 1. The lowest BCUT2D eigenvalue weighted by Gasteiger charge is -2.06. The first kappa shape index (κ1) is 14.9. The largest absolute Gasteiger partial charge is 0.273 e. The van der Waals surface area contributed by atoms with Gasteiger partial charge in [0.05, 0.1) is 10.7 Å². The molecule has 0 aliphatic heterocycles. The molecule has 0 bridgehead atoms. The van der Waals surface area contributed by atoms with Crippen LogP contribution in [-0.4, -0.2) is 25.8 Å². The highest BCUT2D eigenvalue weighted by Crippen LogP contribution is 2.19. The van der Waals surface area contributed by atoms with Gasteiger partial charge in [0.25, 0.3) is 5.69 Å². The molecule has 1 rings (SSSR count). The Kier molecular flexibility index (Phi) is 5.52. The first-order valence-electron chi connectivity index (χ1n) is 5.22. The van der Waals surface area contributed by atoms with Crippen LogP contribution in [-0.2, 0) is 15.8 Å². The van der Waals surface area contributed by atoms with Gasteiger partial charge in [-0.1, -0.05) is 18.2 Å². The van der Waals surface area contributed by atoms with Gasteiger partial charge in [-0.05, 0) is 6.42 Å². The van der Waals surface area contributed by atoms with Crippen LogP contribution in [0.2, 0.25) is 0 Å². The number of nitro benzene ring substituents is 1. The number of alkyl halides is 1. The number of hydrogen-bond donors (Lipinski definition) is 1. The van der Waals surface area contributed by atoms with Gasteiger partial charge in [-0.3, -0.25) is 10.1 Å². The highest BCUT2D eigenvalue weighted by Gasteiger charge is 2.18. The van der Waals surface area contributed by atoms with E-state index in [1.165, 1.54) is 18.2 Å². The van der Waals surface area contributed by atoms with Crippen LogP contribution in [0.4, 0.5) is 5.69 Å². The van der Waals surface area contributed by atoms with E-state index in [1.807, 2.05) is 0 Å². The number of rotatable bonds is 7. The number of halogens is 1. The Balaban J connectivity index is 2.81. The molecule has 6 nitrogen and oxygen atoms in total. The molecule has 1 aromatic carbocycles. The van der Waals surface area contributed by atoms with E-state index >= 15 is 0 Å². The standard InChI is InChI=1S/C10H13ClN2O4S/c11-6-3-7-12-18(16,17)8-9-4-1-2-5-10(9)13(14)15/h1-2,4-5,12H,3,6-8H2. The summed E-state index contributed by atoms with van der Waals surface area (Å²) >= 11 is 5.43. The zero-order valence-electron chi connectivity index (χ0n) is 9.50. The second-order valence-corrected chi connectivity index (χ2v) is 5.77. The van der Waals surface area contributed by atoms with Crippen LogP contribution in [0.1, 0.15) is 12.0 Å². The Hall–Kier alpha value is -1.18. The van der Waals surface area contributed by atoms with Gasteiger partial charge >= 0.3 is 0 Å². The summed E-state index contributed by atoms with van der Waals surface area (Å²) in [6, 6.07) is 5.77. The average molecular weight is 293 g/mol. The van der Waals surface area contributed by atoms with Crippen molar-refractivity contribution in [3.8, 4) is 0 Å². The maximum Gasteiger partial charge on any atom is 0.273 e. The molecule has 0 saturated heterocycles. The predicted molar refractivity (Wildman–Crippen MR) is 69.1 cm³/mol. The number of nitro groups is 1. The third-order valence-corrected chi connectivity index (χ3v) is 3.77. The van der Waals surface area contributed by atoms with Gasteiger partial charge in [-0.2, -0.15) is 0 Å². The molecule has 0 radical (unpaired) electrons. The Morgan fingerprint density at radius 1 is 1.33 bits per heavy atom. The Morgan fingerprint density at radius 3 is 2.61 bits per heavy atom. The molecule has 0 fully saturated rings. The summed E-state index contributed by atoms with van der Waals surface area (Å²) in [5.41, 5.74) is -0.0268. The van der Waals surface area contributed by atoms with Crippen LogP contribution in [0.3, 0.4) is 0 Å². The Labute approximate surface area is 110 Å². The Bertz CT molecular complexity index is 518. The van der Waals surface area contributed by atoms with Crippen molar-refractivity contribution in [3.05, 3.63) is 39.9 Å². The minimum Gasteiger partial charge on any atom is -0.258 e. The van der Waals surface area contributed by atoms with Crippen molar-refractivity contribution < 1.29 is 13.3 Å². The second-order valence-electron chi connectivity index (χ2n) is 3.58. The van der Waals surface area contributed by atoms with Gasteiger partial charge < -0.3 is 0 Å². The molecule has 1 N–H and O–H groups in total. The summed E-state index contributed by atoms with van der Waals surface area (Å²) in [6.45, 7) is 0.229. The zero-order chi connectivity index (χ0) is 13.6. The highest BCUT2D eigenvalue weighted by molar-refractivity contribution is 7.88. The quantitative estimate of drug-likeness (QED) is 0.358. The van der Waals surface area contributed by atoms with E-state index in [2.05, 4.69) is 4.72 Å². The fourth-order valence-corrected chi connectivity index (χ4v) is 2.71. The second kappa shape index (κ2) is 6.67. The van der Waals surface area contributed by atoms with Crippen LogP contribution in [0.15, 0.2) is 24.3 Å². The summed E-state index contributed by atoms with van der Waals surface area (Å²) in [5, 5.41) is 10.7. The molecule has 1 aromatic rings. The zero-order valence-corrected chi connectivity index (χ0v) is 11.1. The third kappa shape index (κ3) is 4.59. The average Bonchev–Trinajstić information content (AvgIpc) is 2.29. The molecule has 0 aromatic heterocycles. The van der Waals surface area contributed by atoms with Crippen LogP contribution < -0.4 is 4.72 Å². The van der Waals surface area contributed by atoms with E-state index in [0.29, 0.717) is 12.3 Å². The summed E-state index contributed by atoms with van der Waals surface area (Å²) in [7, 11) is -3.58. The van der Waals surface area contributed by atoms with E-state index in [4.69, 9.17) is 11.6 Å². The van der Waals surface area contributed by atoms with E-state index in [1.54, 1.807) is 6.07 Å². The van der Waals surface area contributed by atoms with E-state index in [9.17, 15) is 18.5 Å². The molecular formula is C10H13ClN2O4S. The van der Waals surface area contributed by atoms with Gasteiger partial charge in [-0.25, -0.2) is 13.1 Å². The molecule has 8 heteroatoms. The normalized spacial score (nSPS) is 11.4. The maximum atomic E-state index is 11.7. The molecule has 0 spiro atoms. The van der Waals surface area contributed by atoms with E-state index < -0.39 is 20.7 Å². The highest BCUT2D eigenvalue weighted by atomic mass is 35.5. The number of hydrogen-bond acceptors (Lipinski definition) is 4. The molecule has 0 aliphatic carbocycles. The van der Waals surface area contributed by atoms with Gasteiger partial charge in [0.1, 0.15) is 0 Å². The van der Waals surface area contributed by atoms with Crippen LogP contribution in [0, 0.1) is 10.1 Å². The smallest absolute Gasteiger partial charge is 0.258 e. The molecule has 0 heterocycles. The van der Waals surface area contributed by atoms with E-state index in [-0.39, 0.29) is 17.8 Å². The van der Waals surface area contributed by atoms with Gasteiger partial charge in [0.2, 0.25) is 10.0 Å². The fraction of sp³-hybridized carbons (Fsp3) is 0.400. The molecule has 0 aliphatic rings. The minimum atomic E-state index is -3.58. The summed E-state index contributed by atoms with van der Waals surface area (Å²) < 4.78 is 25.7. The lowest BCUT2D eigenvalue weighted by atomic mass is 10.2. The SMILES string of the molecule is O=[N+]([O-])c1ccccc1CS(=O)(=O)NCCCCl. The predicted octanol–water partition coefficient (Wildman–Crippen LogP) is 1.64. The lowest BCUT2D eigenvalue weighted by molar-refractivity contribution is -0.385. The number of nitrogens with one attached hydrogen (secondary N) is 1. The molecule has 100 valence electrons. The molecule has 0 amide bonds. The minimum absolute atomic E-state index is 0.167. The summed E-state index contributed by atoms with van der Waals surface area (Å²) in [6.07, 6.45) is 0.512. The van der Waals surface area contributed by atoms with Crippen LogP contribution >= 0.6 is 11.6 Å². The number of benzene rings is 1. The van der Waals surface area contributed by atoms with Crippen LogP contribution in [0.25, 0.3) is 0 Å². The maximum absolute atomic E-state index is 11.7. The van der Waals surface area contributed by atoms with Gasteiger partial charge in [0.15, 0.2) is 0 Å². The summed E-state index contributed by atoms with van der Waals surface area (Å²) in [4.78, 5) is 10.1. The van der Waals surface area contributed by atoms with Crippen molar-refractivity contribution in [2.75, 3.05) is 12.4 Å². The van der Waals surface area contributed by atoms with Crippen LogP contribution in [0.5, 0.6) is 0 Å². The van der Waals surface area contributed by atoms with Crippen molar-refractivity contribution in [2.24, 2.45) is 0 Å². The third-order valence-electron chi connectivity index (χ3n) is 2.17. The molecule has 0 unspecified atom stereocenters. The topological polar surface area (TPSA) is 89.3 Å². The van der Waals surface area contributed by atoms with Crippen molar-refractivity contribution >= 4 is 27.3 Å². The summed E-state index contributed by atoms with van der Waals surface area (Å²) in [5.74, 6) is -0.0551. The van der Waals surface area contributed by atoms with Gasteiger partial charge in [0, 0.05) is 24.1 Å². The van der Waals surface area contributed by atoms with Crippen molar-refractivity contribution in [3.63, 3.8) is 0 Å².